The first-order valence-electron chi connectivity index (χ1n) is 8.98. The first kappa shape index (κ1) is 19.8. The molecule has 2 amide bonds. The second-order valence-electron chi connectivity index (χ2n) is 7.53. The average molecular weight is 396 g/mol. The quantitative estimate of drug-likeness (QED) is 0.695. The molecule has 0 saturated carbocycles. The van der Waals surface area contributed by atoms with E-state index < -0.39 is 0 Å². The molecular weight excluding hydrogens is 374 g/mol. The zero-order valence-electron chi connectivity index (χ0n) is 16.0. The number of pyridine rings is 1. The molecule has 2 aromatic carbocycles. The number of nitrogens with one attached hydrogen (secondary N) is 2. The third kappa shape index (κ3) is 4.67. The Kier molecular flexibility index (Phi) is 5.66. The minimum absolute atomic E-state index is 0.103. The molecule has 0 aliphatic carbocycles. The molecule has 0 aliphatic heterocycles. The lowest BCUT2D eigenvalue weighted by Gasteiger charge is -2.20. The Balaban J connectivity index is 1.94. The summed E-state index contributed by atoms with van der Waals surface area (Å²) in [6, 6.07) is 16.5. The average Bonchev–Trinajstić information content (AvgIpc) is 2.64. The largest absolute Gasteiger partial charge is 0.350 e. The molecule has 0 spiro atoms. The fourth-order valence-corrected chi connectivity index (χ4v) is 3.12. The number of fused-ring (bicyclic) bond motifs is 1. The summed E-state index contributed by atoms with van der Waals surface area (Å²) in [5.41, 5.74) is 2.12. The van der Waals surface area contributed by atoms with Gasteiger partial charge in [-0.3, -0.25) is 9.59 Å². The van der Waals surface area contributed by atoms with E-state index in [4.69, 9.17) is 11.6 Å². The van der Waals surface area contributed by atoms with Gasteiger partial charge < -0.3 is 10.6 Å². The van der Waals surface area contributed by atoms with Crippen molar-refractivity contribution in [3.63, 3.8) is 0 Å². The summed E-state index contributed by atoms with van der Waals surface area (Å²) in [6.07, 6.45) is 0. The van der Waals surface area contributed by atoms with Gasteiger partial charge in [-0.2, -0.15) is 0 Å². The first-order valence-corrected chi connectivity index (χ1v) is 9.36. The van der Waals surface area contributed by atoms with Gasteiger partial charge in [-0.15, -0.1) is 0 Å². The number of hydrogen-bond acceptors (Lipinski definition) is 3. The lowest BCUT2D eigenvalue weighted by atomic mass is 10.0. The van der Waals surface area contributed by atoms with Crippen LogP contribution in [0.1, 0.15) is 31.1 Å². The lowest BCUT2D eigenvalue weighted by Crippen LogP contribution is -2.45. The van der Waals surface area contributed by atoms with Gasteiger partial charge in [0, 0.05) is 21.5 Å². The summed E-state index contributed by atoms with van der Waals surface area (Å²) in [7, 11) is 0. The molecule has 0 atom stereocenters. The van der Waals surface area contributed by atoms with Crippen molar-refractivity contribution in [3.8, 4) is 11.3 Å². The van der Waals surface area contributed by atoms with E-state index in [1.54, 1.807) is 12.1 Å². The second-order valence-corrected chi connectivity index (χ2v) is 7.94. The van der Waals surface area contributed by atoms with Crippen molar-refractivity contribution in [2.75, 3.05) is 6.54 Å². The molecule has 0 unspecified atom stereocenters. The predicted molar refractivity (Wildman–Crippen MR) is 112 cm³/mol. The van der Waals surface area contributed by atoms with Crippen LogP contribution in [-0.2, 0) is 4.79 Å². The van der Waals surface area contributed by atoms with Gasteiger partial charge in [0.1, 0.15) is 0 Å². The molecule has 3 rings (SSSR count). The van der Waals surface area contributed by atoms with Gasteiger partial charge in [0.2, 0.25) is 5.91 Å². The van der Waals surface area contributed by atoms with Crippen LogP contribution in [0.25, 0.3) is 22.2 Å². The number of rotatable bonds is 4. The Morgan fingerprint density at radius 1 is 1.04 bits per heavy atom. The Hall–Kier alpha value is -2.92. The number of hydrogen-bond donors (Lipinski definition) is 2. The standard InChI is InChI=1S/C22H22ClN3O2/c1-22(2,3)26-20(27)13-24-21(28)16-12-19(15-9-4-6-10-17(15)23)25-18-11-7-5-8-14(16)18/h4-12H,13H2,1-3H3,(H,24,28)(H,26,27). The fourth-order valence-electron chi connectivity index (χ4n) is 2.89. The van der Waals surface area contributed by atoms with Gasteiger partial charge in [0.15, 0.2) is 0 Å². The second kappa shape index (κ2) is 7.98. The van der Waals surface area contributed by atoms with Gasteiger partial charge >= 0.3 is 0 Å². The van der Waals surface area contributed by atoms with Crippen LogP contribution in [0.4, 0.5) is 0 Å². The van der Waals surface area contributed by atoms with Crippen LogP contribution in [0.15, 0.2) is 54.6 Å². The van der Waals surface area contributed by atoms with Crippen molar-refractivity contribution < 1.29 is 9.59 Å². The maximum atomic E-state index is 12.8. The lowest BCUT2D eigenvalue weighted by molar-refractivity contribution is -0.121. The fraction of sp³-hybridized carbons (Fsp3) is 0.227. The Morgan fingerprint density at radius 3 is 2.43 bits per heavy atom. The molecule has 1 heterocycles. The molecule has 6 heteroatoms. The van der Waals surface area contributed by atoms with Crippen LogP contribution in [0.3, 0.4) is 0 Å². The molecular formula is C22H22ClN3O2. The Bertz CT molecular complexity index is 1040. The maximum absolute atomic E-state index is 12.8. The highest BCUT2D eigenvalue weighted by Gasteiger charge is 2.17. The van der Waals surface area contributed by atoms with E-state index in [9.17, 15) is 9.59 Å². The number of halogens is 1. The van der Waals surface area contributed by atoms with E-state index in [-0.39, 0.29) is 23.9 Å². The summed E-state index contributed by atoms with van der Waals surface area (Å²) >= 11 is 6.31. The summed E-state index contributed by atoms with van der Waals surface area (Å²) in [5, 5.41) is 6.79. The van der Waals surface area contributed by atoms with Crippen LogP contribution >= 0.6 is 11.6 Å². The molecule has 3 aromatic rings. The topological polar surface area (TPSA) is 71.1 Å². The summed E-state index contributed by atoms with van der Waals surface area (Å²) in [5.74, 6) is -0.582. The van der Waals surface area contributed by atoms with Gasteiger partial charge in [0.25, 0.3) is 5.91 Å². The molecule has 0 aliphatic rings. The number of nitrogens with zero attached hydrogens (tertiary/aromatic N) is 1. The monoisotopic (exact) mass is 395 g/mol. The zero-order chi connectivity index (χ0) is 20.3. The van der Waals surface area contributed by atoms with E-state index in [1.807, 2.05) is 63.2 Å². The van der Waals surface area contributed by atoms with Crippen LogP contribution < -0.4 is 10.6 Å². The first-order chi connectivity index (χ1) is 13.2. The van der Waals surface area contributed by atoms with Crippen LogP contribution in [0.2, 0.25) is 5.02 Å². The van der Waals surface area contributed by atoms with E-state index >= 15 is 0 Å². The molecule has 0 radical (unpaired) electrons. The minimum Gasteiger partial charge on any atom is -0.350 e. The highest BCUT2D eigenvalue weighted by Crippen LogP contribution is 2.29. The number of para-hydroxylation sites is 1. The van der Waals surface area contributed by atoms with Crippen molar-refractivity contribution in [2.24, 2.45) is 0 Å². The van der Waals surface area contributed by atoms with E-state index in [1.165, 1.54) is 0 Å². The van der Waals surface area contributed by atoms with Crippen molar-refractivity contribution in [2.45, 2.75) is 26.3 Å². The Morgan fingerprint density at radius 2 is 1.71 bits per heavy atom. The molecule has 0 bridgehead atoms. The molecule has 1 aromatic heterocycles. The van der Waals surface area contributed by atoms with E-state index in [2.05, 4.69) is 15.6 Å². The number of amides is 2. The van der Waals surface area contributed by atoms with Crippen molar-refractivity contribution in [3.05, 3.63) is 65.2 Å². The van der Waals surface area contributed by atoms with Gasteiger partial charge in [0.05, 0.1) is 23.3 Å². The highest BCUT2D eigenvalue weighted by atomic mass is 35.5. The summed E-state index contributed by atoms with van der Waals surface area (Å²) < 4.78 is 0. The molecule has 2 N–H and O–H groups in total. The number of benzene rings is 2. The molecule has 28 heavy (non-hydrogen) atoms. The molecule has 0 fully saturated rings. The van der Waals surface area contributed by atoms with Crippen LogP contribution in [0, 0.1) is 0 Å². The van der Waals surface area contributed by atoms with Crippen molar-refractivity contribution in [1.82, 2.24) is 15.6 Å². The third-order valence-corrected chi connectivity index (χ3v) is 4.36. The van der Waals surface area contributed by atoms with Crippen LogP contribution in [-0.4, -0.2) is 28.9 Å². The minimum atomic E-state index is -0.359. The van der Waals surface area contributed by atoms with Gasteiger partial charge in [-0.05, 0) is 39.0 Å². The Labute approximate surface area is 169 Å². The maximum Gasteiger partial charge on any atom is 0.252 e. The predicted octanol–water partition coefficient (Wildman–Crippen LogP) is 4.20. The highest BCUT2D eigenvalue weighted by molar-refractivity contribution is 6.33. The smallest absolute Gasteiger partial charge is 0.252 e. The molecule has 144 valence electrons. The normalized spacial score (nSPS) is 11.3. The summed E-state index contributed by atoms with van der Waals surface area (Å²) in [6.45, 7) is 5.56. The molecule has 0 saturated heterocycles. The van der Waals surface area contributed by atoms with Gasteiger partial charge in [-0.25, -0.2) is 4.98 Å². The van der Waals surface area contributed by atoms with Gasteiger partial charge in [-0.1, -0.05) is 48.0 Å². The molecule has 5 nitrogen and oxygen atoms in total. The van der Waals surface area contributed by atoms with Crippen molar-refractivity contribution in [1.29, 1.82) is 0 Å². The van der Waals surface area contributed by atoms with Crippen molar-refractivity contribution >= 4 is 34.3 Å². The number of carbonyl (C=O) groups excluding carboxylic acids is 2. The van der Waals surface area contributed by atoms with E-state index in [0.717, 1.165) is 5.56 Å². The van der Waals surface area contributed by atoms with Crippen LogP contribution in [0.5, 0.6) is 0 Å². The SMILES string of the molecule is CC(C)(C)NC(=O)CNC(=O)c1cc(-c2ccccc2Cl)nc2ccccc12. The zero-order valence-corrected chi connectivity index (χ0v) is 16.8. The van der Waals surface area contributed by atoms with E-state index in [0.29, 0.717) is 27.2 Å². The number of carbonyl (C=O) groups is 2. The number of aromatic nitrogens is 1. The summed E-state index contributed by atoms with van der Waals surface area (Å²) in [4.78, 5) is 29.5. The third-order valence-electron chi connectivity index (χ3n) is 4.03.